The lowest BCUT2D eigenvalue weighted by molar-refractivity contribution is 0.174. The van der Waals surface area contributed by atoms with E-state index < -0.39 is 0 Å². The summed E-state index contributed by atoms with van der Waals surface area (Å²) >= 11 is 0. The van der Waals surface area contributed by atoms with Gasteiger partial charge < -0.3 is 10.6 Å². The van der Waals surface area contributed by atoms with Crippen LogP contribution in [0.15, 0.2) is 48.5 Å². The molecule has 2 aromatic carbocycles. The van der Waals surface area contributed by atoms with Crippen LogP contribution in [0, 0.1) is 5.92 Å². The van der Waals surface area contributed by atoms with Crippen LogP contribution in [0.3, 0.4) is 0 Å². The molecular weight excluding hydrogens is 304 g/mol. The number of hydrogen-bond donors (Lipinski definition) is 1. The van der Waals surface area contributed by atoms with E-state index in [0.29, 0.717) is 5.92 Å². The number of rotatable bonds is 4. The Balaban J connectivity index is 1.62. The number of nitrogens with zero attached hydrogens (tertiary/aromatic N) is 1. The largest absolute Gasteiger partial charge is 0.330 e. The molecule has 0 atom stereocenters. The van der Waals surface area contributed by atoms with Gasteiger partial charge in [0.25, 0.3) is 0 Å². The first kappa shape index (κ1) is 16.8. The molecule has 0 radical (unpaired) electrons. The van der Waals surface area contributed by atoms with Crippen LogP contribution in [-0.4, -0.2) is 31.1 Å². The zero-order valence-corrected chi connectivity index (χ0v) is 15.2. The maximum atomic E-state index is 5.69. The van der Waals surface area contributed by atoms with Gasteiger partial charge in [0.2, 0.25) is 0 Å². The Morgan fingerprint density at radius 3 is 1.96 bits per heavy atom. The topological polar surface area (TPSA) is 29.3 Å². The SMILES string of the molecule is NCCCN1CCC(C2c3ccccc3CCc3ccccc32)CC1. The summed E-state index contributed by atoms with van der Waals surface area (Å²) in [6.07, 6.45) is 6.09. The highest BCUT2D eigenvalue weighted by molar-refractivity contribution is 5.45. The lowest BCUT2D eigenvalue weighted by Crippen LogP contribution is -2.37. The van der Waals surface area contributed by atoms with Crippen molar-refractivity contribution < 1.29 is 0 Å². The molecule has 1 heterocycles. The molecule has 2 N–H and O–H groups in total. The van der Waals surface area contributed by atoms with Crippen molar-refractivity contribution in [3.05, 3.63) is 70.8 Å². The van der Waals surface area contributed by atoms with Crippen molar-refractivity contribution in [2.75, 3.05) is 26.2 Å². The number of fused-ring (bicyclic) bond motifs is 2. The summed E-state index contributed by atoms with van der Waals surface area (Å²) in [4.78, 5) is 2.61. The van der Waals surface area contributed by atoms with Crippen LogP contribution >= 0.6 is 0 Å². The Hall–Kier alpha value is -1.64. The molecule has 0 saturated carbocycles. The van der Waals surface area contributed by atoms with E-state index in [9.17, 15) is 0 Å². The number of hydrogen-bond acceptors (Lipinski definition) is 2. The van der Waals surface area contributed by atoms with Gasteiger partial charge in [0.15, 0.2) is 0 Å². The molecule has 2 aromatic rings. The fraction of sp³-hybridized carbons (Fsp3) is 0.478. The van der Waals surface area contributed by atoms with Crippen molar-refractivity contribution in [3.63, 3.8) is 0 Å². The lowest BCUT2D eigenvalue weighted by atomic mass is 9.74. The average molecular weight is 335 g/mol. The second-order valence-electron chi connectivity index (χ2n) is 7.70. The molecule has 0 amide bonds. The van der Waals surface area contributed by atoms with Crippen LogP contribution in [-0.2, 0) is 12.8 Å². The van der Waals surface area contributed by atoms with Gasteiger partial charge >= 0.3 is 0 Å². The molecule has 2 aliphatic rings. The van der Waals surface area contributed by atoms with Gasteiger partial charge in [-0.25, -0.2) is 0 Å². The lowest BCUT2D eigenvalue weighted by Gasteiger charge is -2.37. The Morgan fingerprint density at radius 1 is 0.840 bits per heavy atom. The fourth-order valence-corrected chi connectivity index (χ4v) is 4.90. The molecule has 2 nitrogen and oxygen atoms in total. The summed E-state index contributed by atoms with van der Waals surface area (Å²) in [5.74, 6) is 1.33. The molecule has 1 aliphatic carbocycles. The minimum Gasteiger partial charge on any atom is -0.330 e. The van der Waals surface area contributed by atoms with Gasteiger partial charge in [-0.05, 0) is 86.5 Å². The first-order chi connectivity index (χ1) is 12.4. The first-order valence-electron chi connectivity index (χ1n) is 9.95. The zero-order valence-electron chi connectivity index (χ0n) is 15.2. The highest BCUT2D eigenvalue weighted by Crippen LogP contribution is 2.42. The summed E-state index contributed by atoms with van der Waals surface area (Å²) in [5, 5.41) is 0. The molecule has 0 spiro atoms. The molecule has 1 fully saturated rings. The molecule has 0 aromatic heterocycles. The predicted octanol–water partition coefficient (Wildman–Crippen LogP) is 3.98. The smallest absolute Gasteiger partial charge is 0.0124 e. The molecule has 0 bridgehead atoms. The van der Waals surface area contributed by atoms with Gasteiger partial charge in [-0.2, -0.15) is 0 Å². The van der Waals surface area contributed by atoms with E-state index in [0.717, 1.165) is 18.9 Å². The first-order valence-corrected chi connectivity index (χ1v) is 9.95. The van der Waals surface area contributed by atoms with E-state index in [1.54, 1.807) is 22.3 Å². The molecule has 0 unspecified atom stereocenters. The van der Waals surface area contributed by atoms with Gasteiger partial charge in [-0.1, -0.05) is 48.5 Å². The third kappa shape index (κ3) is 3.51. The monoisotopic (exact) mass is 334 g/mol. The molecule has 1 saturated heterocycles. The highest BCUT2D eigenvalue weighted by Gasteiger charge is 2.32. The fourth-order valence-electron chi connectivity index (χ4n) is 4.90. The zero-order chi connectivity index (χ0) is 17.1. The third-order valence-electron chi connectivity index (χ3n) is 6.23. The van der Waals surface area contributed by atoms with Crippen molar-refractivity contribution in [1.29, 1.82) is 0 Å². The molecule has 132 valence electrons. The van der Waals surface area contributed by atoms with Gasteiger partial charge in [0, 0.05) is 5.92 Å². The van der Waals surface area contributed by atoms with E-state index in [1.807, 2.05) is 0 Å². The average Bonchev–Trinajstić information content (AvgIpc) is 2.84. The molecule has 1 aliphatic heterocycles. The maximum absolute atomic E-state index is 5.69. The second kappa shape index (κ2) is 7.72. The summed E-state index contributed by atoms with van der Waals surface area (Å²) in [6.45, 7) is 4.43. The van der Waals surface area contributed by atoms with E-state index in [4.69, 9.17) is 5.73 Å². The Kier molecular flexibility index (Phi) is 5.19. The Morgan fingerprint density at radius 2 is 1.40 bits per heavy atom. The Labute approximate surface area is 152 Å². The van der Waals surface area contributed by atoms with Gasteiger partial charge in [0.05, 0.1) is 0 Å². The molecule has 2 heteroatoms. The number of aryl methyl sites for hydroxylation is 2. The van der Waals surface area contributed by atoms with E-state index in [2.05, 4.69) is 53.4 Å². The van der Waals surface area contributed by atoms with E-state index >= 15 is 0 Å². The summed E-state index contributed by atoms with van der Waals surface area (Å²) < 4.78 is 0. The minimum atomic E-state index is 0.576. The molecule has 4 rings (SSSR count). The van der Waals surface area contributed by atoms with Crippen molar-refractivity contribution in [2.24, 2.45) is 11.7 Å². The summed E-state index contributed by atoms with van der Waals surface area (Å²) in [6, 6.07) is 18.4. The standard InChI is InChI=1S/C23H30N2/c24-14-5-15-25-16-12-20(13-17-25)23-21-8-3-1-6-18(21)10-11-19-7-2-4-9-22(19)23/h1-4,6-9,20,23H,5,10-17,24H2. The van der Waals surface area contributed by atoms with E-state index in [1.165, 1.54) is 45.3 Å². The second-order valence-corrected chi connectivity index (χ2v) is 7.70. The van der Waals surface area contributed by atoms with E-state index in [-0.39, 0.29) is 0 Å². The van der Waals surface area contributed by atoms with Crippen LogP contribution in [0.4, 0.5) is 0 Å². The van der Waals surface area contributed by atoms with Crippen LogP contribution in [0.1, 0.15) is 47.4 Å². The number of benzene rings is 2. The van der Waals surface area contributed by atoms with Crippen LogP contribution < -0.4 is 5.73 Å². The summed E-state index contributed by atoms with van der Waals surface area (Å²) in [5.41, 5.74) is 12.0. The minimum absolute atomic E-state index is 0.576. The summed E-state index contributed by atoms with van der Waals surface area (Å²) in [7, 11) is 0. The maximum Gasteiger partial charge on any atom is 0.0124 e. The molecule has 25 heavy (non-hydrogen) atoms. The van der Waals surface area contributed by atoms with Crippen molar-refractivity contribution in [3.8, 4) is 0 Å². The van der Waals surface area contributed by atoms with Crippen LogP contribution in [0.5, 0.6) is 0 Å². The van der Waals surface area contributed by atoms with Crippen LogP contribution in [0.2, 0.25) is 0 Å². The van der Waals surface area contributed by atoms with Crippen molar-refractivity contribution >= 4 is 0 Å². The number of likely N-dealkylation sites (tertiary alicyclic amines) is 1. The number of piperidine rings is 1. The van der Waals surface area contributed by atoms with Gasteiger partial charge in [0.1, 0.15) is 0 Å². The Bertz CT molecular complexity index is 653. The number of nitrogens with two attached hydrogens (primary N) is 1. The quantitative estimate of drug-likeness (QED) is 0.916. The van der Waals surface area contributed by atoms with Gasteiger partial charge in [-0.3, -0.25) is 0 Å². The predicted molar refractivity (Wildman–Crippen MR) is 105 cm³/mol. The van der Waals surface area contributed by atoms with Crippen molar-refractivity contribution in [1.82, 2.24) is 4.90 Å². The van der Waals surface area contributed by atoms with Crippen molar-refractivity contribution in [2.45, 2.75) is 38.0 Å². The van der Waals surface area contributed by atoms with Gasteiger partial charge in [-0.15, -0.1) is 0 Å². The molecular formula is C23H30N2. The highest BCUT2D eigenvalue weighted by atomic mass is 15.1. The third-order valence-corrected chi connectivity index (χ3v) is 6.23. The van der Waals surface area contributed by atoms with Crippen LogP contribution in [0.25, 0.3) is 0 Å². The normalized spacial score (nSPS) is 19.2.